The zero-order valence-electron chi connectivity index (χ0n) is 8.47. The maximum atomic E-state index is 10.4. The van der Waals surface area contributed by atoms with E-state index < -0.39 is 14.0 Å². The fourth-order valence-electron chi connectivity index (χ4n) is 0.952. The molecular weight excluding hydrogens is 177 g/mol. The van der Waals surface area contributed by atoms with E-state index in [9.17, 15) is 9.90 Å². The van der Waals surface area contributed by atoms with Crippen molar-refractivity contribution in [2.45, 2.75) is 19.6 Å². The molecule has 0 spiro atoms. The molecule has 3 nitrogen and oxygen atoms in total. The average molecular weight is 189 g/mol. The van der Waals surface area contributed by atoms with Crippen molar-refractivity contribution in [2.24, 2.45) is 0 Å². The van der Waals surface area contributed by atoms with Crippen LogP contribution >= 0.6 is 0 Å². The van der Waals surface area contributed by atoms with Gasteiger partial charge < -0.3 is 14.9 Å². The first-order valence-electron chi connectivity index (χ1n) is 3.82. The molecule has 1 aromatic rings. The fraction of sp³-hybridized carbons (Fsp3) is 0.375. The average Bonchev–Trinajstić information content (AvgIpc) is 2.30. The van der Waals surface area contributed by atoms with Crippen LogP contribution in [-0.4, -0.2) is 19.0 Å². The molecule has 0 radical (unpaired) electrons. The van der Waals surface area contributed by atoms with Crippen LogP contribution in [0.4, 0.5) is 0 Å². The maximum absolute atomic E-state index is 10.4. The summed E-state index contributed by atoms with van der Waals surface area (Å²) in [4.78, 5) is 13.3. The molecule has 0 bridgehead atoms. The molecule has 0 saturated heterocycles. The van der Waals surface area contributed by atoms with Crippen molar-refractivity contribution in [1.29, 1.82) is 0 Å². The monoisotopic (exact) mass is 189 g/mol. The van der Waals surface area contributed by atoms with Crippen LogP contribution in [0.15, 0.2) is 12.1 Å². The molecule has 1 rings (SSSR count). The topological polar surface area (TPSA) is 55.9 Å². The molecule has 0 amide bonds. The molecular formula is C8H12LiNO2Si. The van der Waals surface area contributed by atoms with Gasteiger partial charge in [0.2, 0.25) is 0 Å². The van der Waals surface area contributed by atoms with Crippen molar-refractivity contribution in [3.8, 4) is 0 Å². The molecule has 1 N–H and O–H groups in total. The van der Waals surface area contributed by atoms with Gasteiger partial charge in [0.15, 0.2) is 0 Å². The van der Waals surface area contributed by atoms with E-state index in [0.29, 0.717) is 0 Å². The largest absolute Gasteiger partial charge is 1.00 e. The third kappa shape index (κ3) is 3.07. The van der Waals surface area contributed by atoms with Gasteiger partial charge in [-0.3, -0.25) is 0 Å². The molecule has 1 heterocycles. The summed E-state index contributed by atoms with van der Waals surface area (Å²) < 4.78 is 0. The molecule has 0 aliphatic heterocycles. The van der Waals surface area contributed by atoms with Gasteiger partial charge in [-0.2, -0.15) is 0 Å². The van der Waals surface area contributed by atoms with Crippen LogP contribution in [0.25, 0.3) is 0 Å². The minimum Gasteiger partial charge on any atom is -0.543 e. The van der Waals surface area contributed by atoms with Crippen molar-refractivity contribution < 1.29 is 28.8 Å². The molecule has 1 aromatic heterocycles. The van der Waals surface area contributed by atoms with E-state index in [-0.39, 0.29) is 24.6 Å². The fourth-order valence-corrected chi connectivity index (χ4v) is 2.04. The van der Waals surface area contributed by atoms with E-state index >= 15 is 0 Å². The van der Waals surface area contributed by atoms with Crippen molar-refractivity contribution in [1.82, 2.24) is 4.98 Å². The van der Waals surface area contributed by atoms with Gasteiger partial charge in [0, 0.05) is 0 Å². The first-order chi connectivity index (χ1) is 5.41. The summed E-state index contributed by atoms with van der Waals surface area (Å²) in [5, 5.41) is 11.5. The maximum Gasteiger partial charge on any atom is 1.00 e. The minimum absolute atomic E-state index is 0. The third-order valence-corrected chi connectivity index (χ3v) is 3.62. The van der Waals surface area contributed by atoms with Gasteiger partial charge in [0.1, 0.15) is 0 Å². The number of carboxylic acid groups (broad SMARTS) is 1. The van der Waals surface area contributed by atoms with Gasteiger partial charge in [-0.1, -0.05) is 19.6 Å². The standard InChI is InChI=1S/C8H13NO2Si.Li/c1-12(2,3)7-5-4-6(9-7)8(10)11;/h4-5,9H,1-3H3,(H,10,11);/q;+1/p-1. The van der Waals surface area contributed by atoms with Crippen LogP contribution in [0, 0.1) is 0 Å². The predicted octanol–water partition coefficient (Wildman–Crippen LogP) is -3.07. The third-order valence-electron chi connectivity index (χ3n) is 1.71. The molecule has 0 saturated carbocycles. The van der Waals surface area contributed by atoms with E-state index in [1.165, 1.54) is 0 Å². The Labute approximate surface area is 90.7 Å². The van der Waals surface area contributed by atoms with Crippen LogP contribution in [0.5, 0.6) is 0 Å². The Morgan fingerprint density at radius 1 is 1.38 bits per heavy atom. The van der Waals surface area contributed by atoms with E-state index in [1.807, 2.05) is 6.07 Å². The zero-order valence-corrected chi connectivity index (χ0v) is 9.47. The first kappa shape index (κ1) is 12.6. The molecule has 5 heteroatoms. The van der Waals surface area contributed by atoms with Crippen LogP contribution < -0.4 is 29.3 Å². The summed E-state index contributed by atoms with van der Waals surface area (Å²) in [6, 6.07) is 3.39. The summed E-state index contributed by atoms with van der Waals surface area (Å²) in [6.45, 7) is 6.45. The predicted molar refractivity (Wildman–Crippen MR) is 48.1 cm³/mol. The smallest absolute Gasteiger partial charge is 0.543 e. The Morgan fingerprint density at radius 2 is 1.92 bits per heavy atom. The molecule has 0 aliphatic rings. The van der Waals surface area contributed by atoms with Gasteiger partial charge >= 0.3 is 18.9 Å². The number of hydrogen-bond acceptors (Lipinski definition) is 2. The second kappa shape index (κ2) is 4.18. The second-order valence-electron chi connectivity index (χ2n) is 3.82. The van der Waals surface area contributed by atoms with Crippen LogP contribution in [0.1, 0.15) is 10.5 Å². The molecule has 0 aromatic carbocycles. The van der Waals surface area contributed by atoms with Crippen LogP contribution in [0.2, 0.25) is 19.6 Å². The van der Waals surface area contributed by atoms with Crippen molar-refractivity contribution >= 4 is 19.4 Å². The Kier molecular flexibility index (Phi) is 4.04. The van der Waals surface area contributed by atoms with E-state index in [1.54, 1.807) is 6.07 Å². The number of carboxylic acids is 1. The summed E-state index contributed by atoms with van der Waals surface area (Å²) in [7, 11) is -1.41. The van der Waals surface area contributed by atoms with E-state index in [4.69, 9.17) is 0 Å². The Bertz CT molecular complexity index is 303. The molecule has 0 unspecified atom stereocenters. The van der Waals surface area contributed by atoms with Gasteiger partial charge in [-0.15, -0.1) is 0 Å². The number of carbonyl (C=O) groups excluding carboxylic acids is 1. The molecule has 0 aliphatic carbocycles. The minimum atomic E-state index is -1.41. The molecule has 13 heavy (non-hydrogen) atoms. The second-order valence-corrected chi connectivity index (χ2v) is 8.86. The number of rotatable bonds is 2. The zero-order chi connectivity index (χ0) is 9.35. The first-order valence-corrected chi connectivity index (χ1v) is 7.32. The summed E-state index contributed by atoms with van der Waals surface area (Å²) >= 11 is 0. The van der Waals surface area contributed by atoms with Crippen molar-refractivity contribution in [2.75, 3.05) is 0 Å². The van der Waals surface area contributed by atoms with Gasteiger partial charge in [0.25, 0.3) is 0 Å². The van der Waals surface area contributed by atoms with Crippen molar-refractivity contribution in [3.05, 3.63) is 17.8 Å². The van der Waals surface area contributed by atoms with Crippen molar-refractivity contribution in [3.63, 3.8) is 0 Å². The van der Waals surface area contributed by atoms with Gasteiger partial charge in [-0.05, 0) is 17.4 Å². The number of carbonyl (C=O) groups is 1. The Balaban J connectivity index is 0.00000144. The number of hydrogen-bond donors (Lipinski definition) is 1. The number of aromatic carboxylic acids is 1. The van der Waals surface area contributed by atoms with Crippen LogP contribution in [0.3, 0.4) is 0 Å². The quantitative estimate of drug-likeness (QED) is 0.502. The van der Waals surface area contributed by atoms with E-state index in [0.717, 1.165) is 5.32 Å². The molecule has 66 valence electrons. The summed E-state index contributed by atoms with van der Waals surface area (Å²) in [5.41, 5.74) is 0.174. The summed E-state index contributed by atoms with van der Waals surface area (Å²) in [6.07, 6.45) is 0. The van der Waals surface area contributed by atoms with Gasteiger partial charge in [0.05, 0.1) is 19.7 Å². The van der Waals surface area contributed by atoms with Gasteiger partial charge in [-0.25, -0.2) is 0 Å². The number of aromatic amines is 1. The Hall–Kier alpha value is -0.436. The molecule has 0 atom stereocenters. The van der Waals surface area contributed by atoms with E-state index in [2.05, 4.69) is 24.6 Å². The van der Waals surface area contributed by atoms with Crippen LogP contribution in [-0.2, 0) is 0 Å². The summed E-state index contributed by atoms with van der Waals surface area (Å²) in [5.74, 6) is -1.14. The number of aromatic nitrogens is 1. The molecule has 0 fully saturated rings. The number of H-pyrrole nitrogens is 1. The number of nitrogens with one attached hydrogen (secondary N) is 1. The Morgan fingerprint density at radius 3 is 2.15 bits per heavy atom. The SMILES string of the molecule is C[Si](C)(C)c1ccc(C(=O)[O-])[nH]1.[Li+]. The normalized spacial score (nSPS) is 10.7.